The van der Waals surface area contributed by atoms with E-state index in [4.69, 9.17) is 14.8 Å². The predicted molar refractivity (Wildman–Crippen MR) is 47.8 cm³/mol. The van der Waals surface area contributed by atoms with E-state index in [0.717, 1.165) is 0 Å². The molecular weight excluding hydrogens is 230 g/mol. The molecule has 0 bridgehead atoms. The van der Waals surface area contributed by atoms with Gasteiger partial charge in [-0.2, -0.15) is 8.42 Å². The summed E-state index contributed by atoms with van der Waals surface area (Å²) in [5.41, 5.74) is 0. The van der Waals surface area contributed by atoms with Gasteiger partial charge in [0.1, 0.15) is 11.9 Å². The molecule has 0 rings (SSSR count). The molecule has 0 aliphatic heterocycles. The Hall–Kier alpha value is -1.19. The van der Waals surface area contributed by atoms with Gasteiger partial charge in [0.25, 0.3) is 10.1 Å². The van der Waals surface area contributed by atoms with Crippen LogP contribution in [0.15, 0.2) is 0 Å². The maximum atomic E-state index is 10.5. The van der Waals surface area contributed by atoms with Crippen LogP contribution in [-0.2, 0) is 19.7 Å². The largest absolute Gasteiger partial charge is 0.481 e. The van der Waals surface area contributed by atoms with Crippen molar-refractivity contribution in [3.63, 3.8) is 0 Å². The fourth-order valence-corrected chi connectivity index (χ4v) is 1.20. The van der Waals surface area contributed by atoms with E-state index in [9.17, 15) is 18.0 Å². The summed E-state index contributed by atoms with van der Waals surface area (Å²) in [5.74, 6) is -3.49. The van der Waals surface area contributed by atoms with Crippen LogP contribution in [0.3, 0.4) is 0 Å². The summed E-state index contributed by atoms with van der Waals surface area (Å²) in [6, 6.07) is -1.32. The van der Waals surface area contributed by atoms with E-state index in [2.05, 4.69) is 0 Å². The minimum absolute atomic E-state index is 0.264. The highest BCUT2D eigenvalue weighted by molar-refractivity contribution is 7.85. The second-order valence-corrected chi connectivity index (χ2v) is 4.21. The molecule has 0 amide bonds. The second kappa shape index (κ2) is 5.63. The highest BCUT2D eigenvalue weighted by Crippen LogP contribution is 1.98. The third kappa shape index (κ3) is 7.85. The van der Waals surface area contributed by atoms with Crippen molar-refractivity contribution in [3.05, 3.63) is 0 Å². The third-order valence-corrected chi connectivity index (χ3v) is 1.99. The smallest absolute Gasteiger partial charge is 0.320 e. The molecule has 1 unspecified atom stereocenters. The minimum atomic E-state index is -4.31. The van der Waals surface area contributed by atoms with E-state index < -0.39 is 40.4 Å². The van der Waals surface area contributed by atoms with Gasteiger partial charge in [0.2, 0.25) is 0 Å². The monoisotopic (exact) mass is 241 g/mol. The Bertz CT molecular complexity index is 335. The molecule has 8 nitrogen and oxygen atoms in total. The Morgan fingerprint density at radius 3 is 2.13 bits per heavy atom. The predicted octanol–water partition coefficient (Wildman–Crippen LogP) is -1.26. The number of rotatable bonds is 7. The van der Waals surface area contributed by atoms with E-state index in [1.54, 1.807) is 0 Å². The summed E-state index contributed by atoms with van der Waals surface area (Å²) < 4.78 is 28.9. The zero-order valence-electron chi connectivity index (χ0n) is 7.58. The van der Waals surface area contributed by atoms with Gasteiger partial charge < -0.3 is 10.2 Å². The molecule has 0 aliphatic rings. The molecule has 0 saturated carbocycles. The van der Waals surface area contributed by atoms with Gasteiger partial charge in [-0.1, -0.05) is 0 Å². The van der Waals surface area contributed by atoms with Crippen LogP contribution in [0.4, 0.5) is 0 Å². The third-order valence-electron chi connectivity index (χ3n) is 1.46. The van der Waals surface area contributed by atoms with Crippen molar-refractivity contribution in [2.24, 2.45) is 0 Å². The first-order chi connectivity index (χ1) is 6.72. The van der Waals surface area contributed by atoms with Gasteiger partial charge in [0, 0.05) is 6.42 Å². The van der Waals surface area contributed by atoms with Crippen molar-refractivity contribution in [1.82, 2.24) is 5.32 Å². The van der Waals surface area contributed by atoms with E-state index in [0.29, 0.717) is 0 Å². The molecule has 15 heavy (non-hydrogen) atoms. The van der Waals surface area contributed by atoms with Crippen molar-refractivity contribution in [2.45, 2.75) is 18.9 Å². The van der Waals surface area contributed by atoms with E-state index in [1.165, 1.54) is 0 Å². The molecule has 88 valence electrons. The Balaban J connectivity index is 4.17. The number of nitrogens with one attached hydrogen (secondary N) is 1. The summed E-state index contributed by atoms with van der Waals surface area (Å²) in [6.45, 7) is 0. The lowest BCUT2D eigenvalue weighted by atomic mass is 10.1. The molecule has 0 radical (unpaired) electrons. The Morgan fingerprint density at radius 2 is 1.80 bits per heavy atom. The molecular formula is C6H11NO7S. The Kier molecular flexibility index (Phi) is 5.19. The number of hydrogen-bond acceptors (Lipinski definition) is 5. The van der Waals surface area contributed by atoms with Crippen LogP contribution in [0.1, 0.15) is 12.8 Å². The molecule has 0 aromatic carbocycles. The van der Waals surface area contributed by atoms with Gasteiger partial charge in [0.15, 0.2) is 0 Å². The minimum Gasteiger partial charge on any atom is -0.481 e. The van der Waals surface area contributed by atoms with Crippen LogP contribution in [0.5, 0.6) is 0 Å². The first kappa shape index (κ1) is 13.8. The molecule has 0 aliphatic carbocycles. The lowest BCUT2D eigenvalue weighted by Gasteiger charge is -2.11. The van der Waals surface area contributed by atoms with Crippen LogP contribution in [-0.4, -0.2) is 47.0 Å². The Labute approximate surface area is 85.7 Å². The van der Waals surface area contributed by atoms with Gasteiger partial charge in [-0.15, -0.1) is 0 Å². The van der Waals surface area contributed by atoms with E-state index in [-0.39, 0.29) is 6.42 Å². The normalized spacial score (nSPS) is 13.4. The zero-order chi connectivity index (χ0) is 12.1. The fourth-order valence-electron chi connectivity index (χ4n) is 0.787. The number of carboxylic acids is 2. The highest BCUT2D eigenvalue weighted by Gasteiger charge is 2.19. The van der Waals surface area contributed by atoms with Gasteiger partial charge in [0.05, 0.1) is 0 Å². The van der Waals surface area contributed by atoms with Crippen LogP contribution in [0, 0.1) is 0 Å². The first-order valence-corrected chi connectivity index (χ1v) is 5.46. The van der Waals surface area contributed by atoms with Gasteiger partial charge in [-0.3, -0.25) is 19.5 Å². The number of carboxylic acid groups (broad SMARTS) is 2. The topological polar surface area (TPSA) is 141 Å². The summed E-state index contributed by atoms with van der Waals surface area (Å²) in [5, 5.41) is 18.8. The van der Waals surface area contributed by atoms with Crippen molar-refractivity contribution < 1.29 is 32.8 Å². The van der Waals surface area contributed by atoms with E-state index in [1.807, 2.05) is 5.32 Å². The van der Waals surface area contributed by atoms with E-state index >= 15 is 0 Å². The standard InChI is InChI=1S/C6H11NO7S/c8-5(9)2-1-4(6(10)11)7-3-15(12,13)14/h4,7H,1-3H2,(H,8,9)(H,10,11)(H,12,13,14). The second-order valence-electron chi connectivity index (χ2n) is 2.75. The molecule has 0 fully saturated rings. The molecule has 0 aromatic rings. The molecule has 4 N–H and O–H groups in total. The number of aliphatic carboxylic acids is 2. The van der Waals surface area contributed by atoms with Crippen LogP contribution >= 0.6 is 0 Å². The highest BCUT2D eigenvalue weighted by atomic mass is 32.2. The van der Waals surface area contributed by atoms with Crippen LogP contribution < -0.4 is 5.32 Å². The van der Waals surface area contributed by atoms with Gasteiger partial charge >= 0.3 is 11.9 Å². The van der Waals surface area contributed by atoms with Gasteiger partial charge in [-0.25, -0.2) is 0 Å². The number of carbonyl (C=O) groups is 2. The van der Waals surface area contributed by atoms with Crippen LogP contribution in [0.25, 0.3) is 0 Å². The van der Waals surface area contributed by atoms with Crippen molar-refractivity contribution in [2.75, 3.05) is 5.88 Å². The summed E-state index contributed by atoms with van der Waals surface area (Å²) in [4.78, 5) is 20.6. The SMILES string of the molecule is O=C(O)CCC(NCS(=O)(=O)O)C(=O)O. The quantitative estimate of drug-likeness (QED) is 0.405. The average Bonchev–Trinajstić information content (AvgIpc) is 2.00. The lowest BCUT2D eigenvalue weighted by Crippen LogP contribution is -2.39. The molecule has 0 aromatic heterocycles. The number of hydrogen-bond donors (Lipinski definition) is 4. The van der Waals surface area contributed by atoms with Crippen molar-refractivity contribution in [3.8, 4) is 0 Å². The summed E-state index contributed by atoms with van der Waals surface area (Å²) in [6.07, 6.45) is -0.671. The molecule has 0 spiro atoms. The zero-order valence-corrected chi connectivity index (χ0v) is 8.40. The average molecular weight is 241 g/mol. The summed E-state index contributed by atoms with van der Waals surface area (Å²) in [7, 11) is -4.31. The molecule has 0 heterocycles. The van der Waals surface area contributed by atoms with Gasteiger partial charge in [-0.05, 0) is 6.42 Å². The van der Waals surface area contributed by atoms with Crippen LogP contribution in [0.2, 0.25) is 0 Å². The lowest BCUT2D eigenvalue weighted by molar-refractivity contribution is -0.140. The fraction of sp³-hybridized carbons (Fsp3) is 0.667. The van der Waals surface area contributed by atoms with Crippen molar-refractivity contribution >= 4 is 22.1 Å². The Morgan fingerprint density at radius 1 is 1.27 bits per heavy atom. The summed E-state index contributed by atoms with van der Waals surface area (Å²) >= 11 is 0. The molecule has 0 saturated heterocycles. The first-order valence-electron chi connectivity index (χ1n) is 3.85. The van der Waals surface area contributed by atoms with Crippen molar-refractivity contribution in [1.29, 1.82) is 0 Å². The maximum absolute atomic E-state index is 10.5. The molecule has 9 heteroatoms. The molecule has 1 atom stereocenters. The maximum Gasteiger partial charge on any atom is 0.320 e.